The van der Waals surface area contributed by atoms with Crippen molar-refractivity contribution in [2.75, 3.05) is 0 Å². The minimum absolute atomic E-state index is 0.157. The summed E-state index contributed by atoms with van der Waals surface area (Å²) in [7, 11) is 0. The van der Waals surface area contributed by atoms with Gasteiger partial charge in [0.05, 0.1) is 4.92 Å². The summed E-state index contributed by atoms with van der Waals surface area (Å²) in [5.74, 6) is 0.697. The van der Waals surface area contributed by atoms with E-state index in [1.54, 1.807) is 13.0 Å². The van der Waals surface area contributed by atoms with Crippen molar-refractivity contribution in [1.82, 2.24) is 5.32 Å². The van der Waals surface area contributed by atoms with Crippen LogP contribution in [0.3, 0.4) is 0 Å². The first-order chi connectivity index (χ1) is 8.99. The van der Waals surface area contributed by atoms with Crippen LogP contribution in [-0.4, -0.2) is 11.0 Å². The fraction of sp³-hybridized carbons (Fsp3) is 0.600. The molecule has 0 aliphatic heterocycles. The first kappa shape index (κ1) is 14.0. The molecule has 1 fully saturated rings. The maximum atomic E-state index is 11.0. The Morgan fingerprint density at radius 1 is 1.42 bits per heavy atom. The molecule has 3 atom stereocenters. The molecular formula is C15H22N2O2. The maximum absolute atomic E-state index is 11.0. The summed E-state index contributed by atoms with van der Waals surface area (Å²) in [5.41, 5.74) is 1.93. The molecule has 19 heavy (non-hydrogen) atoms. The molecule has 4 heteroatoms. The van der Waals surface area contributed by atoms with Gasteiger partial charge in [0.1, 0.15) is 0 Å². The van der Waals surface area contributed by atoms with Crippen LogP contribution in [0.5, 0.6) is 0 Å². The smallest absolute Gasteiger partial charge is 0.272 e. The summed E-state index contributed by atoms with van der Waals surface area (Å²) in [5, 5.41) is 14.6. The highest BCUT2D eigenvalue weighted by Crippen LogP contribution is 2.28. The van der Waals surface area contributed by atoms with Crippen LogP contribution in [-0.2, 0) is 0 Å². The van der Waals surface area contributed by atoms with Crippen molar-refractivity contribution in [3.05, 3.63) is 39.4 Å². The lowest BCUT2D eigenvalue weighted by Gasteiger charge is -2.23. The van der Waals surface area contributed by atoms with Crippen LogP contribution in [0.2, 0.25) is 0 Å². The molecule has 0 saturated heterocycles. The van der Waals surface area contributed by atoms with E-state index in [0.717, 1.165) is 11.1 Å². The third-order valence-electron chi connectivity index (χ3n) is 4.26. The molecule has 1 saturated carbocycles. The van der Waals surface area contributed by atoms with Gasteiger partial charge in [-0.15, -0.1) is 0 Å². The zero-order chi connectivity index (χ0) is 14.0. The Morgan fingerprint density at radius 2 is 2.16 bits per heavy atom. The van der Waals surface area contributed by atoms with Gasteiger partial charge in [0, 0.05) is 23.7 Å². The number of aryl methyl sites for hydroxylation is 1. The fourth-order valence-electron chi connectivity index (χ4n) is 2.90. The first-order valence-electron chi connectivity index (χ1n) is 7.00. The highest BCUT2D eigenvalue weighted by molar-refractivity contribution is 5.43. The predicted molar refractivity (Wildman–Crippen MR) is 76.2 cm³/mol. The second-order valence-electron chi connectivity index (χ2n) is 5.71. The largest absolute Gasteiger partial charge is 0.307 e. The number of nitro groups is 1. The van der Waals surface area contributed by atoms with Crippen molar-refractivity contribution in [3.8, 4) is 0 Å². The van der Waals surface area contributed by atoms with Crippen molar-refractivity contribution < 1.29 is 4.92 Å². The molecular weight excluding hydrogens is 240 g/mol. The van der Waals surface area contributed by atoms with Gasteiger partial charge in [0.2, 0.25) is 0 Å². The van der Waals surface area contributed by atoms with E-state index in [4.69, 9.17) is 0 Å². The van der Waals surface area contributed by atoms with Crippen LogP contribution in [0.4, 0.5) is 5.69 Å². The highest BCUT2D eigenvalue weighted by atomic mass is 16.6. The molecule has 1 aliphatic rings. The highest BCUT2D eigenvalue weighted by Gasteiger charge is 2.25. The van der Waals surface area contributed by atoms with Gasteiger partial charge in [0.25, 0.3) is 5.69 Å². The molecule has 1 aliphatic carbocycles. The third kappa shape index (κ3) is 3.13. The van der Waals surface area contributed by atoms with E-state index in [1.807, 2.05) is 12.1 Å². The maximum Gasteiger partial charge on any atom is 0.272 e. The van der Waals surface area contributed by atoms with E-state index in [2.05, 4.69) is 19.2 Å². The minimum atomic E-state index is -0.302. The Labute approximate surface area is 114 Å². The molecule has 4 nitrogen and oxygen atoms in total. The summed E-state index contributed by atoms with van der Waals surface area (Å²) >= 11 is 0. The van der Waals surface area contributed by atoms with E-state index in [9.17, 15) is 10.1 Å². The average molecular weight is 262 g/mol. The number of hydrogen-bond donors (Lipinski definition) is 1. The van der Waals surface area contributed by atoms with Gasteiger partial charge in [-0.1, -0.05) is 25.5 Å². The summed E-state index contributed by atoms with van der Waals surface area (Å²) in [4.78, 5) is 10.7. The van der Waals surface area contributed by atoms with Crippen LogP contribution < -0.4 is 5.32 Å². The quantitative estimate of drug-likeness (QED) is 0.664. The minimum Gasteiger partial charge on any atom is -0.307 e. The van der Waals surface area contributed by atoms with Gasteiger partial charge in [-0.05, 0) is 38.2 Å². The van der Waals surface area contributed by atoms with E-state index in [0.29, 0.717) is 12.0 Å². The Morgan fingerprint density at radius 3 is 2.74 bits per heavy atom. The van der Waals surface area contributed by atoms with Gasteiger partial charge in [-0.2, -0.15) is 0 Å². The molecule has 1 aromatic carbocycles. The second-order valence-corrected chi connectivity index (χ2v) is 5.71. The number of rotatable bonds is 4. The molecule has 3 unspecified atom stereocenters. The summed E-state index contributed by atoms with van der Waals surface area (Å²) in [6, 6.07) is 6.22. The number of nitro benzene ring substituents is 1. The van der Waals surface area contributed by atoms with Crippen LogP contribution >= 0.6 is 0 Å². The fourth-order valence-corrected chi connectivity index (χ4v) is 2.90. The summed E-state index contributed by atoms with van der Waals surface area (Å²) in [6.07, 6.45) is 3.76. The normalized spacial score (nSPS) is 24.4. The predicted octanol–water partition coefficient (Wildman–Crippen LogP) is 3.74. The van der Waals surface area contributed by atoms with Crippen LogP contribution in [0.15, 0.2) is 18.2 Å². The first-order valence-corrected chi connectivity index (χ1v) is 7.00. The van der Waals surface area contributed by atoms with Gasteiger partial charge in [-0.3, -0.25) is 10.1 Å². The van der Waals surface area contributed by atoms with Gasteiger partial charge in [0.15, 0.2) is 0 Å². The van der Waals surface area contributed by atoms with Gasteiger partial charge < -0.3 is 5.32 Å². The summed E-state index contributed by atoms with van der Waals surface area (Å²) in [6.45, 7) is 6.13. The SMILES string of the molecule is Cc1ccc(C(C)NC2CCCC2C)cc1[N+](=O)[O-]. The lowest BCUT2D eigenvalue weighted by atomic mass is 10.0. The number of benzene rings is 1. The molecule has 0 amide bonds. The molecule has 1 N–H and O–H groups in total. The Kier molecular flexibility index (Phi) is 4.20. The topological polar surface area (TPSA) is 55.2 Å². The van der Waals surface area contributed by atoms with Crippen molar-refractivity contribution in [2.45, 2.75) is 52.1 Å². The molecule has 0 bridgehead atoms. The van der Waals surface area contributed by atoms with Crippen molar-refractivity contribution >= 4 is 5.69 Å². The zero-order valence-corrected chi connectivity index (χ0v) is 11.8. The van der Waals surface area contributed by atoms with Gasteiger partial charge in [-0.25, -0.2) is 0 Å². The zero-order valence-electron chi connectivity index (χ0n) is 11.8. The van der Waals surface area contributed by atoms with Crippen molar-refractivity contribution in [3.63, 3.8) is 0 Å². The second kappa shape index (κ2) is 5.70. The molecule has 2 rings (SSSR count). The van der Waals surface area contributed by atoms with Crippen LogP contribution in [0.25, 0.3) is 0 Å². The third-order valence-corrected chi connectivity index (χ3v) is 4.26. The molecule has 104 valence electrons. The standard InChI is InChI=1S/C15H22N2O2/c1-10-5-4-6-14(10)16-12(3)13-8-7-11(2)15(9-13)17(18)19/h7-10,12,14,16H,4-6H2,1-3H3. The molecule has 0 spiro atoms. The van der Waals surface area contributed by atoms with E-state index in [-0.39, 0.29) is 16.7 Å². The van der Waals surface area contributed by atoms with E-state index >= 15 is 0 Å². The molecule has 0 radical (unpaired) electrons. The van der Waals surface area contributed by atoms with Gasteiger partial charge >= 0.3 is 0 Å². The Hall–Kier alpha value is -1.42. The van der Waals surface area contributed by atoms with Crippen LogP contribution in [0, 0.1) is 23.0 Å². The molecule has 1 aromatic rings. The lowest BCUT2D eigenvalue weighted by Crippen LogP contribution is -2.33. The number of hydrogen-bond acceptors (Lipinski definition) is 3. The average Bonchev–Trinajstić information content (AvgIpc) is 2.75. The van der Waals surface area contributed by atoms with Crippen molar-refractivity contribution in [2.24, 2.45) is 5.92 Å². The van der Waals surface area contributed by atoms with Crippen LogP contribution in [0.1, 0.15) is 50.3 Å². The van der Waals surface area contributed by atoms with Crippen molar-refractivity contribution in [1.29, 1.82) is 0 Å². The monoisotopic (exact) mass is 262 g/mol. The molecule has 0 heterocycles. The number of nitrogens with one attached hydrogen (secondary N) is 1. The number of nitrogens with zero attached hydrogens (tertiary/aromatic N) is 1. The lowest BCUT2D eigenvalue weighted by molar-refractivity contribution is -0.385. The Bertz CT molecular complexity index is 473. The Balaban J connectivity index is 2.12. The van der Waals surface area contributed by atoms with E-state index < -0.39 is 0 Å². The molecule has 0 aromatic heterocycles. The summed E-state index contributed by atoms with van der Waals surface area (Å²) < 4.78 is 0. The van der Waals surface area contributed by atoms with E-state index in [1.165, 1.54) is 19.3 Å².